The molecule has 2 unspecified atom stereocenters. The maximum atomic E-state index is 5.78. The molecule has 1 aliphatic rings. The van der Waals surface area contributed by atoms with Gasteiger partial charge in [-0.1, -0.05) is 0 Å². The third kappa shape index (κ3) is 2.23. The summed E-state index contributed by atoms with van der Waals surface area (Å²) in [4.78, 5) is 8.42. The summed E-state index contributed by atoms with van der Waals surface area (Å²) in [7, 11) is 0. The van der Waals surface area contributed by atoms with Crippen LogP contribution in [0.5, 0.6) is 0 Å². The van der Waals surface area contributed by atoms with Crippen LogP contribution in [0.25, 0.3) is 0 Å². The topological polar surface area (TPSA) is 42.2 Å². The van der Waals surface area contributed by atoms with Crippen LogP contribution in [0, 0.1) is 19.8 Å². The lowest BCUT2D eigenvalue weighted by Gasteiger charge is -2.37. The van der Waals surface area contributed by atoms with E-state index in [9.17, 15) is 0 Å². The largest absolute Gasteiger partial charge is 0.345 e. The summed E-state index contributed by atoms with van der Waals surface area (Å²) in [6.07, 6.45) is 2.50. The zero-order valence-electron chi connectivity index (χ0n) is 10.4. The van der Waals surface area contributed by atoms with Gasteiger partial charge in [-0.2, -0.15) is 0 Å². The molecule has 16 heavy (non-hydrogen) atoms. The number of hydrogen-bond acceptors (Lipinski definition) is 4. The Morgan fingerprint density at radius 3 is 2.75 bits per heavy atom. The average Bonchev–Trinajstić information content (AvgIpc) is 2.60. The van der Waals surface area contributed by atoms with Gasteiger partial charge in [0.15, 0.2) is 5.13 Å². The quantitative estimate of drug-likeness (QED) is 0.861. The van der Waals surface area contributed by atoms with Gasteiger partial charge in [0.05, 0.1) is 5.69 Å². The lowest BCUT2D eigenvalue weighted by molar-refractivity contribution is 0.373. The van der Waals surface area contributed by atoms with Crippen molar-refractivity contribution >= 4 is 16.5 Å². The molecular formula is C12H21N3S. The predicted molar refractivity (Wildman–Crippen MR) is 70.2 cm³/mol. The maximum absolute atomic E-state index is 5.78. The van der Waals surface area contributed by atoms with E-state index in [1.54, 1.807) is 0 Å². The molecule has 2 N–H and O–H groups in total. The van der Waals surface area contributed by atoms with E-state index in [1.165, 1.54) is 28.5 Å². The molecule has 0 amide bonds. The number of rotatable bonds is 2. The van der Waals surface area contributed by atoms with Crippen molar-refractivity contribution in [2.24, 2.45) is 11.7 Å². The minimum atomic E-state index is 0.604. The van der Waals surface area contributed by atoms with Gasteiger partial charge in [0.2, 0.25) is 0 Å². The van der Waals surface area contributed by atoms with E-state index >= 15 is 0 Å². The van der Waals surface area contributed by atoms with Crippen molar-refractivity contribution in [3.05, 3.63) is 10.6 Å². The molecule has 1 aromatic heterocycles. The minimum Gasteiger partial charge on any atom is -0.345 e. The SMILES string of the molecule is Cc1nc(N2CC(CN)CCC2C)sc1C. The molecule has 1 fully saturated rings. The number of thiazole rings is 1. The monoisotopic (exact) mass is 239 g/mol. The number of nitrogens with two attached hydrogens (primary N) is 1. The van der Waals surface area contributed by atoms with Gasteiger partial charge in [-0.05, 0) is 46.1 Å². The van der Waals surface area contributed by atoms with Crippen molar-refractivity contribution in [3.63, 3.8) is 0 Å². The first-order valence-electron chi connectivity index (χ1n) is 6.02. The molecule has 1 aliphatic heterocycles. The van der Waals surface area contributed by atoms with Crippen LogP contribution in [0.2, 0.25) is 0 Å². The van der Waals surface area contributed by atoms with Crippen LogP contribution < -0.4 is 10.6 Å². The molecule has 1 saturated heterocycles. The fourth-order valence-electron chi connectivity index (χ4n) is 2.22. The summed E-state index contributed by atoms with van der Waals surface area (Å²) in [5.74, 6) is 0.640. The van der Waals surface area contributed by atoms with E-state index in [2.05, 4.69) is 30.7 Å². The van der Waals surface area contributed by atoms with Gasteiger partial charge in [0.25, 0.3) is 0 Å². The van der Waals surface area contributed by atoms with E-state index < -0.39 is 0 Å². The Hall–Kier alpha value is -0.610. The van der Waals surface area contributed by atoms with E-state index in [4.69, 9.17) is 5.73 Å². The Morgan fingerprint density at radius 2 is 2.19 bits per heavy atom. The first-order valence-corrected chi connectivity index (χ1v) is 6.84. The fraction of sp³-hybridized carbons (Fsp3) is 0.750. The lowest BCUT2D eigenvalue weighted by atomic mass is 9.94. The van der Waals surface area contributed by atoms with Crippen LogP contribution in [-0.4, -0.2) is 24.1 Å². The summed E-state index contributed by atoms with van der Waals surface area (Å²) >= 11 is 1.81. The minimum absolute atomic E-state index is 0.604. The highest BCUT2D eigenvalue weighted by atomic mass is 32.1. The van der Waals surface area contributed by atoms with E-state index in [-0.39, 0.29) is 0 Å². The van der Waals surface area contributed by atoms with Crippen molar-refractivity contribution in [2.75, 3.05) is 18.0 Å². The molecule has 0 bridgehead atoms. The molecule has 0 saturated carbocycles. The second kappa shape index (κ2) is 4.72. The molecule has 2 heterocycles. The van der Waals surface area contributed by atoms with Crippen molar-refractivity contribution < 1.29 is 0 Å². The number of hydrogen-bond donors (Lipinski definition) is 1. The number of piperidine rings is 1. The molecular weight excluding hydrogens is 218 g/mol. The summed E-state index contributed by atoms with van der Waals surface area (Å²) in [6.45, 7) is 8.39. The number of anilines is 1. The highest BCUT2D eigenvalue weighted by molar-refractivity contribution is 7.15. The summed E-state index contributed by atoms with van der Waals surface area (Å²) in [5, 5.41) is 1.18. The van der Waals surface area contributed by atoms with E-state index in [0.29, 0.717) is 12.0 Å². The van der Waals surface area contributed by atoms with Crippen molar-refractivity contribution in [2.45, 2.75) is 39.7 Å². The lowest BCUT2D eigenvalue weighted by Crippen LogP contribution is -2.43. The molecule has 4 heteroatoms. The van der Waals surface area contributed by atoms with Gasteiger partial charge in [-0.25, -0.2) is 4.98 Å². The normalized spacial score (nSPS) is 26.1. The average molecular weight is 239 g/mol. The van der Waals surface area contributed by atoms with Crippen LogP contribution in [0.1, 0.15) is 30.3 Å². The molecule has 0 aromatic carbocycles. The second-order valence-corrected chi connectivity index (χ2v) is 6.00. The summed E-state index contributed by atoms with van der Waals surface area (Å²) in [6, 6.07) is 0.604. The standard InChI is InChI=1S/C12H21N3S/c1-8-4-5-11(6-13)7-15(8)12-14-9(2)10(3)16-12/h8,11H,4-7,13H2,1-3H3. The molecule has 2 rings (SSSR count). The van der Waals surface area contributed by atoms with Gasteiger partial charge < -0.3 is 10.6 Å². The van der Waals surface area contributed by atoms with E-state index in [1.807, 2.05) is 11.3 Å². The molecule has 1 aromatic rings. The van der Waals surface area contributed by atoms with Gasteiger partial charge in [-0.3, -0.25) is 0 Å². The van der Waals surface area contributed by atoms with E-state index in [0.717, 1.165) is 13.1 Å². The Kier molecular flexibility index (Phi) is 3.50. The highest BCUT2D eigenvalue weighted by Gasteiger charge is 2.26. The van der Waals surface area contributed by atoms with Gasteiger partial charge >= 0.3 is 0 Å². The Balaban J connectivity index is 2.17. The molecule has 0 spiro atoms. The Morgan fingerprint density at radius 1 is 1.44 bits per heavy atom. The first-order chi connectivity index (χ1) is 7.61. The highest BCUT2D eigenvalue weighted by Crippen LogP contribution is 2.31. The molecule has 2 atom stereocenters. The van der Waals surface area contributed by atoms with Gasteiger partial charge in [0.1, 0.15) is 0 Å². The molecule has 0 aliphatic carbocycles. The van der Waals surface area contributed by atoms with Gasteiger partial charge in [0, 0.05) is 17.5 Å². The third-order valence-corrected chi connectivity index (χ3v) is 4.69. The number of aromatic nitrogens is 1. The van der Waals surface area contributed by atoms with Crippen LogP contribution in [-0.2, 0) is 0 Å². The smallest absolute Gasteiger partial charge is 0.186 e. The predicted octanol–water partition coefficient (Wildman–Crippen LogP) is 2.32. The van der Waals surface area contributed by atoms with Crippen LogP contribution in [0.3, 0.4) is 0 Å². The maximum Gasteiger partial charge on any atom is 0.186 e. The molecule has 0 radical (unpaired) electrons. The zero-order valence-corrected chi connectivity index (χ0v) is 11.2. The Labute approximate surface area is 102 Å². The van der Waals surface area contributed by atoms with Crippen molar-refractivity contribution in [1.29, 1.82) is 0 Å². The third-order valence-electron chi connectivity index (χ3n) is 3.58. The summed E-state index contributed by atoms with van der Waals surface area (Å²) in [5.41, 5.74) is 6.95. The zero-order chi connectivity index (χ0) is 11.7. The van der Waals surface area contributed by atoms with Crippen LogP contribution in [0.15, 0.2) is 0 Å². The molecule has 3 nitrogen and oxygen atoms in total. The van der Waals surface area contributed by atoms with Crippen molar-refractivity contribution in [1.82, 2.24) is 4.98 Å². The second-order valence-electron chi connectivity index (χ2n) is 4.82. The first kappa shape index (κ1) is 11.9. The number of aryl methyl sites for hydroxylation is 2. The van der Waals surface area contributed by atoms with Crippen LogP contribution in [0.4, 0.5) is 5.13 Å². The van der Waals surface area contributed by atoms with Crippen molar-refractivity contribution in [3.8, 4) is 0 Å². The molecule has 90 valence electrons. The fourth-order valence-corrected chi connectivity index (χ4v) is 3.24. The number of nitrogens with zero attached hydrogens (tertiary/aromatic N) is 2. The summed E-state index contributed by atoms with van der Waals surface area (Å²) < 4.78 is 0. The van der Waals surface area contributed by atoms with Gasteiger partial charge in [-0.15, -0.1) is 11.3 Å². The Bertz CT molecular complexity index is 342. The van der Waals surface area contributed by atoms with Crippen LogP contribution >= 0.6 is 11.3 Å².